The van der Waals surface area contributed by atoms with Crippen molar-refractivity contribution in [2.45, 2.75) is 51.6 Å². The van der Waals surface area contributed by atoms with Crippen LogP contribution in [0.3, 0.4) is 0 Å². The number of pyridine rings is 1. The smallest absolute Gasteiger partial charge is 0.276 e. The molecule has 1 fully saturated rings. The van der Waals surface area contributed by atoms with Gasteiger partial charge in [-0.2, -0.15) is 5.10 Å². The van der Waals surface area contributed by atoms with Gasteiger partial charge < -0.3 is 10.6 Å². The zero-order valence-electron chi connectivity index (χ0n) is 24.4. The molecule has 0 aliphatic carbocycles. The molecule has 0 unspecified atom stereocenters. The van der Waals surface area contributed by atoms with Crippen molar-refractivity contribution in [1.82, 2.24) is 29.6 Å². The van der Waals surface area contributed by atoms with Crippen LogP contribution < -0.4 is 10.6 Å². The molecule has 1 amide bonds. The van der Waals surface area contributed by atoms with E-state index in [0.717, 1.165) is 43.7 Å². The first-order valence-corrected chi connectivity index (χ1v) is 15.8. The summed E-state index contributed by atoms with van der Waals surface area (Å²) in [5.74, 6) is 0.889. The lowest BCUT2D eigenvalue weighted by molar-refractivity contribution is 0.102. The van der Waals surface area contributed by atoms with Gasteiger partial charge in [0.15, 0.2) is 11.5 Å². The summed E-state index contributed by atoms with van der Waals surface area (Å²) in [6.07, 6.45) is 7.60. The molecule has 11 heteroatoms. The van der Waals surface area contributed by atoms with Crippen molar-refractivity contribution in [2.24, 2.45) is 0 Å². The number of benzene rings is 2. The van der Waals surface area contributed by atoms with Crippen LogP contribution in [0.25, 0.3) is 22.2 Å². The van der Waals surface area contributed by atoms with E-state index in [1.165, 1.54) is 19.3 Å². The molecule has 1 atom stereocenters. The van der Waals surface area contributed by atoms with E-state index in [9.17, 15) is 4.79 Å². The Bertz CT molecular complexity index is 1870. The molecule has 2 aromatic carbocycles. The Morgan fingerprint density at radius 3 is 2.43 bits per heavy atom. The fourth-order valence-electron chi connectivity index (χ4n) is 6.33. The average Bonchev–Trinajstić information content (AvgIpc) is 3.49. The quantitative estimate of drug-likeness (QED) is 0.198. The molecular weight excluding hydrogens is 595 g/mol. The van der Waals surface area contributed by atoms with Gasteiger partial charge in [0, 0.05) is 23.9 Å². The molecule has 2 aliphatic heterocycles. The highest BCUT2D eigenvalue weighted by atomic mass is 35.5. The van der Waals surface area contributed by atoms with Gasteiger partial charge in [-0.1, -0.05) is 53.9 Å². The minimum atomic E-state index is -0.289. The number of carbonyl (C=O) groups is 1. The first-order chi connectivity index (χ1) is 21.5. The summed E-state index contributed by atoms with van der Waals surface area (Å²) >= 11 is 13.9. The van der Waals surface area contributed by atoms with Gasteiger partial charge in [0.25, 0.3) is 5.91 Å². The zero-order chi connectivity index (χ0) is 30.2. The summed E-state index contributed by atoms with van der Waals surface area (Å²) in [4.78, 5) is 29.5. The molecule has 7 rings (SSSR count). The normalized spacial score (nSPS) is 16.9. The highest BCUT2D eigenvalue weighted by Crippen LogP contribution is 2.41. The van der Waals surface area contributed by atoms with Crippen LogP contribution in [0, 0.1) is 6.92 Å². The van der Waals surface area contributed by atoms with E-state index in [0.29, 0.717) is 61.4 Å². The Labute approximate surface area is 265 Å². The van der Waals surface area contributed by atoms with Crippen LogP contribution in [0.15, 0.2) is 60.8 Å². The molecule has 0 radical (unpaired) electrons. The predicted molar refractivity (Wildman–Crippen MR) is 175 cm³/mol. The van der Waals surface area contributed by atoms with Gasteiger partial charge in [0.05, 0.1) is 38.7 Å². The summed E-state index contributed by atoms with van der Waals surface area (Å²) in [7, 11) is 0. The van der Waals surface area contributed by atoms with Crippen LogP contribution in [0.1, 0.15) is 60.2 Å². The van der Waals surface area contributed by atoms with Gasteiger partial charge >= 0.3 is 0 Å². The van der Waals surface area contributed by atoms with Crippen molar-refractivity contribution in [2.75, 3.05) is 23.7 Å². The van der Waals surface area contributed by atoms with Crippen molar-refractivity contribution >= 4 is 57.3 Å². The number of amides is 1. The van der Waals surface area contributed by atoms with Crippen molar-refractivity contribution < 1.29 is 4.79 Å². The maximum atomic E-state index is 13.5. The minimum absolute atomic E-state index is 0.289. The molecule has 0 saturated carbocycles. The molecule has 5 heterocycles. The van der Waals surface area contributed by atoms with E-state index >= 15 is 0 Å². The lowest BCUT2D eigenvalue weighted by atomic mass is 9.99. The monoisotopic (exact) mass is 626 g/mol. The number of hydrogen-bond donors (Lipinski definition) is 2. The number of hydrogen-bond acceptors (Lipinski definition) is 7. The largest absolute Gasteiger partial charge is 0.337 e. The van der Waals surface area contributed by atoms with Crippen LogP contribution >= 0.6 is 23.2 Å². The standard InChI is InChI=1S/C33H32Cl2N8O/c1-20-37-25-13-7-15-36-31(25)32(38-20)39-23-11-5-9-21(29(23)34)22-10-6-12-24(30(22)35)40-33(44)26-19-28-27(14-8-18-43(28)41-26)42-16-3-2-4-17-42/h5-7,9-13,15,19,27H,2-4,8,14,16-18H2,1H3,(H,40,44)(H,37,38,39)/t27-/m1/s1. The van der Waals surface area contributed by atoms with Gasteiger partial charge in [-0.25, -0.2) is 9.97 Å². The molecule has 224 valence electrons. The van der Waals surface area contributed by atoms with E-state index in [2.05, 4.69) is 35.6 Å². The molecule has 1 saturated heterocycles. The number of fused-ring (bicyclic) bond motifs is 2. The number of piperidine rings is 1. The van der Waals surface area contributed by atoms with Gasteiger partial charge in [-0.15, -0.1) is 0 Å². The van der Waals surface area contributed by atoms with Crippen molar-refractivity contribution in [1.29, 1.82) is 0 Å². The highest BCUT2D eigenvalue weighted by molar-refractivity contribution is 6.39. The van der Waals surface area contributed by atoms with Crippen molar-refractivity contribution in [3.63, 3.8) is 0 Å². The van der Waals surface area contributed by atoms with Crippen molar-refractivity contribution in [3.8, 4) is 11.1 Å². The van der Waals surface area contributed by atoms with Gasteiger partial charge in [-0.05, 0) is 76.0 Å². The van der Waals surface area contributed by atoms with E-state index in [1.54, 1.807) is 12.3 Å². The first kappa shape index (κ1) is 28.7. The second kappa shape index (κ2) is 12.1. The van der Waals surface area contributed by atoms with E-state index in [-0.39, 0.29) is 5.91 Å². The Morgan fingerprint density at radius 2 is 1.64 bits per heavy atom. The molecule has 44 heavy (non-hydrogen) atoms. The Morgan fingerprint density at radius 1 is 0.886 bits per heavy atom. The molecule has 0 spiro atoms. The second-order valence-electron chi connectivity index (χ2n) is 11.3. The molecule has 0 bridgehead atoms. The number of aromatic nitrogens is 5. The Kier molecular flexibility index (Phi) is 7.93. The maximum Gasteiger partial charge on any atom is 0.276 e. The number of carbonyl (C=O) groups excluding carboxylic acids is 1. The summed E-state index contributed by atoms with van der Waals surface area (Å²) in [6.45, 7) is 4.87. The summed E-state index contributed by atoms with van der Waals surface area (Å²) in [5, 5.41) is 11.9. The fraction of sp³-hybridized carbons (Fsp3) is 0.303. The summed E-state index contributed by atoms with van der Waals surface area (Å²) in [5.41, 5.74) is 5.44. The number of likely N-dealkylation sites (tertiary alicyclic amines) is 1. The molecule has 9 nitrogen and oxygen atoms in total. The van der Waals surface area contributed by atoms with E-state index in [4.69, 9.17) is 23.2 Å². The topological polar surface area (TPSA) is 101 Å². The first-order valence-electron chi connectivity index (χ1n) is 15.0. The molecular formula is C33H32Cl2N8O. The molecule has 2 N–H and O–H groups in total. The summed E-state index contributed by atoms with van der Waals surface area (Å²) < 4.78 is 2.01. The van der Waals surface area contributed by atoms with Crippen molar-refractivity contribution in [3.05, 3.63) is 88.1 Å². The van der Waals surface area contributed by atoms with Crippen LogP contribution in [0.5, 0.6) is 0 Å². The minimum Gasteiger partial charge on any atom is -0.337 e. The number of aryl methyl sites for hydroxylation is 2. The Balaban J connectivity index is 1.15. The van der Waals surface area contributed by atoms with Crippen LogP contribution in [0.4, 0.5) is 17.2 Å². The van der Waals surface area contributed by atoms with E-state index < -0.39 is 0 Å². The molecule has 2 aliphatic rings. The van der Waals surface area contributed by atoms with Crippen LogP contribution in [0.2, 0.25) is 10.0 Å². The SMILES string of the molecule is Cc1nc(Nc2cccc(-c3cccc(NC(=O)c4cc5n(n4)CCC[C@H]5N4CCCCC4)c3Cl)c2Cl)c2ncccc2n1. The number of nitrogens with zero attached hydrogens (tertiary/aromatic N) is 6. The van der Waals surface area contributed by atoms with Gasteiger partial charge in [0.1, 0.15) is 11.3 Å². The highest BCUT2D eigenvalue weighted by Gasteiger charge is 2.30. The zero-order valence-corrected chi connectivity index (χ0v) is 25.9. The lowest BCUT2D eigenvalue weighted by Gasteiger charge is -2.36. The molecule has 3 aromatic heterocycles. The van der Waals surface area contributed by atoms with E-state index in [1.807, 2.05) is 60.1 Å². The summed E-state index contributed by atoms with van der Waals surface area (Å²) in [6, 6.07) is 17.2. The van der Waals surface area contributed by atoms with Gasteiger partial charge in [-0.3, -0.25) is 19.4 Å². The number of rotatable bonds is 6. The number of nitrogens with one attached hydrogen (secondary N) is 2. The molecule has 5 aromatic rings. The number of anilines is 3. The third-order valence-electron chi connectivity index (χ3n) is 8.42. The number of halogens is 2. The van der Waals surface area contributed by atoms with Crippen LogP contribution in [-0.2, 0) is 6.54 Å². The predicted octanol–water partition coefficient (Wildman–Crippen LogP) is 7.82. The average molecular weight is 628 g/mol. The lowest BCUT2D eigenvalue weighted by Crippen LogP contribution is -2.36. The third-order valence-corrected chi connectivity index (χ3v) is 9.23. The second-order valence-corrected chi connectivity index (χ2v) is 12.1. The maximum absolute atomic E-state index is 13.5. The third kappa shape index (κ3) is 5.51. The Hall–Kier alpha value is -4.05. The van der Waals surface area contributed by atoms with Gasteiger partial charge in [0.2, 0.25) is 0 Å². The van der Waals surface area contributed by atoms with Crippen LogP contribution in [-0.4, -0.2) is 48.6 Å². The fourth-order valence-corrected chi connectivity index (χ4v) is 6.88.